The monoisotopic (exact) mass is 378 g/mol. The minimum atomic E-state index is -0.0900. The molecule has 3 nitrogen and oxygen atoms in total. The van der Waals surface area contributed by atoms with E-state index in [1.165, 1.54) is 19.3 Å². The molecule has 1 amide bonds. The van der Waals surface area contributed by atoms with Gasteiger partial charge >= 0.3 is 0 Å². The van der Waals surface area contributed by atoms with Gasteiger partial charge in [0.05, 0.1) is 5.41 Å². The van der Waals surface area contributed by atoms with Crippen LogP contribution in [0.5, 0.6) is 0 Å². The first-order chi connectivity index (χ1) is 13.5. The summed E-state index contributed by atoms with van der Waals surface area (Å²) in [5, 5.41) is 3.50. The molecule has 3 unspecified atom stereocenters. The SMILES string of the molecule is CC[C@@]12CC3(C(=O)NC4CCC(N)CC4)CC4C[C@](c5ccccc5)(C1)C42C3. The van der Waals surface area contributed by atoms with Gasteiger partial charge in [0.1, 0.15) is 0 Å². The van der Waals surface area contributed by atoms with Gasteiger partial charge in [-0.1, -0.05) is 37.3 Å². The highest BCUT2D eigenvalue weighted by atomic mass is 16.2. The molecule has 0 aromatic heterocycles. The van der Waals surface area contributed by atoms with Gasteiger partial charge in [-0.25, -0.2) is 0 Å². The molecule has 1 aromatic carbocycles. The third-order valence-corrected chi connectivity index (χ3v) is 10.3. The third kappa shape index (κ3) is 1.79. The molecule has 0 saturated heterocycles. The van der Waals surface area contributed by atoms with Gasteiger partial charge in [0, 0.05) is 17.5 Å². The van der Waals surface area contributed by atoms with Gasteiger partial charge in [0.2, 0.25) is 5.91 Å². The Hall–Kier alpha value is -1.35. The van der Waals surface area contributed by atoms with Gasteiger partial charge in [0.15, 0.2) is 0 Å². The summed E-state index contributed by atoms with van der Waals surface area (Å²) < 4.78 is 0. The van der Waals surface area contributed by atoms with E-state index in [9.17, 15) is 4.79 Å². The first kappa shape index (κ1) is 17.5. The molecule has 5 atom stereocenters. The highest BCUT2D eigenvalue weighted by Crippen LogP contribution is 2.94. The molecule has 28 heavy (non-hydrogen) atoms. The zero-order chi connectivity index (χ0) is 19.2. The molecule has 6 rings (SSSR count). The lowest BCUT2D eigenvalue weighted by atomic mass is 9.23. The highest BCUT2D eigenvalue weighted by Gasteiger charge is 2.90. The minimum absolute atomic E-state index is 0.0900. The summed E-state index contributed by atoms with van der Waals surface area (Å²) in [5.41, 5.74) is 8.71. The van der Waals surface area contributed by atoms with Gasteiger partial charge in [-0.3, -0.25) is 4.79 Å². The number of nitrogens with one attached hydrogen (secondary N) is 1. The number of amides is 1. The Kier molecular flexibility index (Phi) is 3.38. The zero-order valence-electron chi connectivity index (χ0n) is 17.2. The molecule has 3 N–H and O–H groups in total. The topological polar surface area (TPSA) is 55.1 Å². The maximum atomic E-state index is 13.6. The third-order valence-electron chi connectivity index (χ3n) is 10.3. The molecule has 150 valence electrons. The van der Waals surface area contributed by atoms with Gasteiger partial charge in [-0.2, -0.15) is 0 Å². The van der Waals surface area contributed by atoms with Crippen LogP contribution in [0.15, 0.2) is 30.3 Å². The molecule has 5 aliphatic rings. The van der Waals surface area contributed by atoms with Crippen molar-refractivity contribution < 1.29 is 4.79 Å². The van der Waals surface area contributed by atoms with Crippen LogP contribution in [-0.2, 0) is 10.2 Å². The van der Waals surface area contributed by atoms with E-state index in [0.717, 1.165) is 50.9 Å². The second-order valence-corrected chi connectivity index (χ2v) is 11.1. The van der Waals surface area contributed by atoms with Crippen LogP contribution in [0.1, 0.15) is 76.7 Å². The number of nitrogens with two attached hydrogens (primary N) is 1. The van der Waals surface area contributed by atoms with Crippen molar-refractivity contribution in [2.75, 3.05) is 0 Å². The highest BCUT2D eigenvalue weighted by molar-refractivity contribution is 5.85. The first-order valence-electron chi connectivity index (χ1n) is 11.6. The van der Waals surface area contributed by atoms with Crippen molar-refractivity contribution in [1.29, 1.82) is 0 Å². The fourth-order valence-electron chi connectivity index (χ4n) is 9.32. The van der Waals surface area contributed by atoms with E-state index in [1.807, 2.05) is 0 Å². The molecule has 5 fully saturated rings. The normalized spacial score (nSPS) is 50.4. The predicted octanol–water partition coefficient (Wildman–Crippen LogP) is 4.30. The number of carbonyl (C=O) groups is 1. The number of benzene rings is 1. The Morgan fingerprint density at radius 2 is 1.82 bits per heavy atom. The maximum Gasteiger partial charge on any atom is 0.226 e. The molecule has 0 aliphatic heterocycles. The Morgan fingerprint density at radius 1 is 1.07 bits per heavy atom. The lowest BCUT2D eigenvalue weighted by Crippen LogP contribution is -2.76. The van der Waals surface area contributed by atoms with Crippen LogP contribution in [0.4, 0.5) is 0 Å². The lowest BCUT2D eigenvalue weighted by molar-refractivity contribution is -0.272. The second kappa shape index (κ2) is 5.41. The van der Waals surface area contributed by atoms with Crippen molar-refractivity contribution in [1.82, 2.24) is 5.32 Å². The lowest BCUT2D eigenvalue weighted by Gasteiger charge is -2.80. The number of carbonyl (C=O) groups excluding carboxylic acids is 1. The molecule has 1 aromatic rings. The summed E-state index contributed by atoms with van der Waals surface area (Å²) in [6.45, 7) is 2.38. The molecule has 1 spiro atoms. The minimum Gasteiger partial charge on any atom is -0.353 e. The Balaban J connectivity index is 1.29. The second-order valence-electron chi connectivity index (χ2n) is 11.1. The quantitative estimate of drug-likeness (QED) is 0.821. The molecule has 0 heterocycles. The summed E-state index contributed by atoms with van der Waals surface area (Å²) in [7, 11) is 0. The number of fused-ring (bicyclic) bond motifs is 1. The zero-order valence-corrected chi connectivity index (χ0v) is 17.2. The Labute approximate surface area is 168 Å². The summed E-state index contributed by atoms with van der Waals surface area (Å²) in [5.74, 6) is 1.15. The molecule has 2 bridgehead atoms. The van der Waals surface area contributed by atoms with E-state index in [1.54, 1.807) is 5.56 Å². The number of rotatable bonds is 4. The number of hydrogen-bond acceptors (Lipinski definition) is 2. The van der Waals surface area contributed by atoms with E-state index < -0.39 is 0 Å². The Morgan fingerprint density at radius 3 is 2.54 bits per heavy atom. The molecule has 5 aliphatic carbocycles. The molecular weight excluding hydrogens is 344 g/mol. The van der Waals surface area contributed by atoms with Crippen LogP contribution >= 0.6 is 0 Å². The Bertz CT molecular complexity index is 815. The van der Waals surface area contributed by atoms with Crippen molar-refractivity contribution in [3.05, 3.63) is 35.9 Å². The van der Waals surface area contributed by atoms with Crippen molar-refractivity contribution in [2.45, 2.75) is 88.6 Å². The van der Waals surface area contributed by atoms with E-state index in [0.29, 0.717) is 34.2 Å². The molecule has 3 heteroatoms. The van der Waals surface area contributed by atoms with Crippen molar-refractivity contribution in [2.24, 2.45) is 27.9 Å². The van der Waals surface area contributed by atoms with Gasteiger partial charge in [-0.05, 0) is 86.5 Å². The summed E-state index contributed by atoms with van der Waals surface area (Å²) in [6.07, 6.45) is 11.5. The van der Waals surface area contributed by atoms with E-state index in [2.05, 4.69) is 42.6 Å². The van der Waals surface area contributed by atoms with Crippen molar-refractivity contribution in [3.63, 3.8) is 0 Å². The molecule has 5 saturated carbocycles. The summed E-state index contributed by atoms with van der Waals surface area (Å²) in [6, 6.07) is 11.9. The van der Waals surface area contributed by atoms with Crippen molar-refractivity contribution >= 4 is 5.91 Å². The van der Waals surface area contributed by atoms with Crippen LogP contribution in [0.25, 0.3) is 0 Å². The van der Waals surface area contributed by atoms with Crippen LogP contribution in [0, 0.1) is 22.2 Å². The van der Waals surface area contributed by atoms with Gasteiger partial charge in [0.25, 0.3) is 0 Å². The van der Waals surface area contributed by atoms with Crippen LogP contribution < -0.4 is 11.1 Å². The smallest absolute Gasteiger partial charge is 0.226 e. The summed E-state index contributed by atoms with van der Waals surface area (Å²) >= 11 is 0. The number of hydrogen-bond donors (Lipinski definition) is 2. The van der Waals surface area contributed by atoms with Gasteiger partial charge < -0.3 is 11.1 Å². The van der Waals surface area contributed by atoms with Gasteiger partial charge in [-0.15, -0.1) is 0 Å². The average Bonchev–Trinajstić information content (AvgIpc) is 3.17. The van der Waals surface area contributed by atoms with Crippen LogP contribution in [0.2, 0.25) is 0 Å². The van der Waals surface area contributed by atoms with Crippen LogP contribution in [0.3, 0.4) is 0 Å². The first-order valence-corrected chi connectivity index (χ1v) is 11.6. The molecule has 0 radical (unpaired) electrons. The largest absolute Gasteiger partial charge is 0.353 e. The van der Waals surface area contributed by atoms with E-state index in [4.69, 9.17) is 5.73 Å². The fourth-order valence-corrected chi connectivity index (χ4v) is 9.32. The standard InChI is InChI=1S/C25H34N2O/c1-2-23-14-22(21(28)27-20-10-8-19(26)9-11-20)12-18-13-24(16-23,25(18,23)15-22)17-6-4-3-5-7-17/h3-7,18-20H,2,8-16,26H2,1H3,(H,27,28)/t18?,19?,20?,22?,23-,24-,25?/m1/s1. The fraction of sp³-hybridized carbons (Fsp3) is 0.720. The average molecular weight is 379 g/mol. The predicted molar refractivity (Wildman–Crippen MR) is 111 cm³/mol. The van der Waals surface area contributed by atoms with E-state index in [-0.39, 0.29) is 5.41 Å². The maximum absolute atomic E-state index is 13.6. The molecular formula is C25H34N2O. The van der Waals surface area contributed by atoms with Crippen LogP contribution in [-0.4, -0.2) is 18.0 Å². The van der Waals surface area contributed by atoms with E-state index >= 15 is 0 Å². The van der Waals surface area contributed by atoms with Crippen molar-refractivity contribution in [3.8, 4) is 0 Å². The summed E-state index contributed by atoms with van der Waals surface area (Å²) in [4.78, 5) is 13.6.